The molecule has 1 amide bonds. The molecule has 0 radical (unpaired) electrons. The summed E-state index contributed by atoms with van der Waals surface area (Å²) in [6, 6.07) is 17.4. The molecule has 1 fully saturated rings. The number of fused-ring (bicyclic) bond motifs is 2. The number of nitrogens with zero attached hydrogens (tertiary/aromatic N) is 2. The number of carbonyl (C=O) groups excluding carboxylic acids is 1. The first-order valence-electron chi connectivity index (χ1n) is 9.62. The lowest BCUT2D eigenvalue weighted by Gasteiger charge is -2.31. The molecular formula is C22H20ClN3O2S. The van der Waals surface area contributed by atoms with Gasteiger partial charge in [0.15, 0.2) is 11.5 Å². The molecule has 2 aliphatic rings. The molecule has 1 aromatic heterocycles. The fraction of sp³-hybridized carbons (Fsp3) is 0.227. The van der Waals surface area contributed by atoms with Gasteiger partial charge in [-0.15, -0.1) is 11.3 Å². The molecule has 1 N–H and O–H groups in total. The maximum absolute atomic E-state index is 13.6. The molecule has 3 heterocycles. The van der Waals surface area contributed by atoms with Crippen LogP contribution in [0.25, 0.3) is 0 Å². The van der Waals surface area contributed by atoms with Gasteiger partial charge >= 0.3 is 0 Å². The topological polar surface area (TPSA) is 44.8 Å². The number of thiophene rings is 1. The highest BCUT2D eigenvalue weighted by Crippen LogP contribution is 2.44. The van der Waals surface area contributed by atoms with Crippen molar-refractivity contribution in [2.45, 2.75) is 6.54 Å². The Hall–Kier alpha value is -2.54. The number of amides is 1. The van der Waals surface area contributed by atoms with Gasteiger partial charge in [0.2, 0.25) is 0 Å². The van der Waals surface area contributed by atoms with Crippen molar-refractivity contribution in [1.82, 2.24) is 5.32 Å². The lowest BCUT2D eigenvalue weighted by atomic mass is 10.1. The average molecular weight is 426 g/mol. The van der Waals surface area contributed by atoms with Crippen molar-refractivity contribution in [2.24, 2.45) is 0 Å². The summed E-state index contributed by atoms with van der Waals surface area (Å²) in [5, 5.41) is 3.37. The van der Waals surface area contributed by atoms with Gasteiger partial charge in [0.05, 0.1) is 27.8 Å². The molecule has 0 atom stereocenters. The Labute approximate surface area is 178 Å². The summed E-state index contributed by atoms with van der Waals surface area (Å²) in [5.74, 6) is 1.26. The van der Waals surface area contributed by atoms with E-state index in [0.29, 0.717) is 27.9 Å². The molecule has 0 spiro atoms. The first-order valence-corrected chi connectivity index (χ1v) is 10.8. The third-order valence-corrected chi connectivity index (χ3v) is 6.45. The van der Waals surface area contributed by atoms with E-state index in [1.54, 1.807) is 4.90 Å². The third-order valence-electron chi connectivity index (χ3n) is 5.24. The SMILES string of the molecule is O=C1c2cccc(N3CCNCC3)c2Oc2ccccc2N1Cc1ccc(Cl)s1. The largest absolute Gasteiger partial charge is 0.452 e. The summed E-state index contributed by atoms with van der Waals surface area (Å²) in [7, 11) is 0. The van der Waals surface area contributed by atoms with Gasteiger partial charge in [0, 0.05) is 31.1 Å². The molecule has 0 bridgehead atoms. The van der Waals surface area contributed by atoms with Gasteiger partial charge in [-0.3, -0.25) is 9.69 Å². The number of anilines is 2. The van der Waals surface area contributed by atoms with Crippen molar-refractivity contribution in [3.63, 3.8) is 0 Å². The van der Waals surface area contributed by atoms with Crippen LogP contribution in [0.1, 0.15) is 15.2 Å². The minimum Gasteiger partial charge on any atom is -0.452 e. The zero-order valence-corrected chi connectivity index (χ0v) is 17.3. The van der Waals surface area contributed by atoms with Gasteiger partial charge in [0.1, 0.15) is 0 Å². The number of benzene rings is 2. The number of ether oxygens (including phenoxy) is 1. The number of carbonyl (C=O) groups is 1. The zero-order chi connectivity index (χ0) is 19.8. The summed E-state index contributed by atoms with van der Waals surface area (Å²) in [6.45, 7) is 4.05. The van der Waals surface area contributed by atoms with Crippen molar-refractivity contribution < 1.29 is 9.53 Å². The molecule has 2 aromatic carbocycles. The maximum Gasteiger partial charge on any atom is 0.262 e. The number of piperazine rings is 1. The fourth-order valence-corrected chi connectivity index (χ4v) is 4.91. The summed E-state index contributed by atoms with van der Waals surface area (Å²) in [4.78, 5) is 18.7. The second-order valence-corrected chi connectivity index (χ2v) is 8.86. The standard InChI is InChI=1S/C22H20ClN3O2S/c23-20-9-8-15(29-20)14-26-17-5-1-2-7-19(17)28-21-16(22(26)27)4-3-6-18(21)25-12-10-24-11-13-25/h1-9,24H,10-14H2. The summed E-state index contributed by atoms with van der Waals surface area (Å²) in [6.07, 6.45) is 0. The van der Waals surface area contributed by atoms with Crippen LogP contribution in [0.4, 0.5) is 11.4 Å². The van der Waals surface area contributed by atoms with E-state index in [-0.39, 0.29) is 5.91 Å². The molecule has 0 saturated carbocycles. The first kappa shape index (κ1) is 18.5. The third kappa shape index (κ3) is 3.48. The predicted octanol–water partition coefficient (Wildman–Crippen LogP) is 4.76. The number of hydrogen-bond donors (Lipinski definition) is 1. The molecule has 0 aliphatic carbocycles. The van der Waals surface area contributed by atoms with Crippen LogP contribution in [0, 0.1) is 0 Å². The Morgan fingerprint density at radius 3 is 2.59 bits per heavy atom. The van der Waals surface area contributed by atoms with Gasteiger partial charge in [-0.05, 0) is 36.4 Å². The molecule has 1 saturated heterocycles. The van der Waals surface area contributed by atoms with Crippen molar-refractivity contribution >= 4 is 40.2 Å². The lowest BCUT2D eigenvalue weighted by molar-refractivity contribution is 0.0985. The van der Waals surface area contributed by atoms with E-state index in [0.717, 1.165) is 42.4 Å². The minimum atomic E-state index is -0.0635. The molecule has 148 valence electrons. The Morgan fingerprint density at radius 2 is 1.79 bits per heavy atom. The van der Waals surface area contributed by atoms with Crippen molar-refractivity contribution in [2.75, 3.05) is 36.0 Å². The van der Waals surface area contributed by atoms with Crippen LogP contribution in [0.15, 0.2) is 54.6 Å². The lowest BCUT2D eigenvalue weighted by Crippen LogP contribution is -2.43. The molecule has 3 aromatic rings. The second-order valence-electron chi connectivity index (χ2n) is 7.06. The van der Waals surface area contributed by atoms with Gasteiger partial charge in [-0.2, -0.15) is 0 Å². The fourth-order valence-electron chi connectivity index (χ4n) is 3.84. The second kappa shape index (κ2) is 7.71. The molecular weight excluding hydrogens is 406 g/mol. The summed E-state index contributed by atoms with van der Waals surface area (Å²) in [5.41, 5.74) is 2.32. The number of nitrogens with one attached hydrogen (secondary N) is 1. The van der Waals surface area contributed by atoms with E-state index in [9.17, 15) is 4.79 Å². The Balaban J connectivity index is 1.61. The normalized spacial score (nSPS) is 16.1. The highest BCUT2D eigenvalue weighted by atomic mass is 35.5. The highest BCUT2D eigenvalue weighted by Gasteiger charge is 2.31. The van der Waals surface area contributed by atoms with Gasteiger partial charge in [0.25, 0.3) is 5.91 Å². The zero-order valence-electron chi connectivity index (χ0n) is 15.7. The van der Waals surface area contributed by atoms with Crippen LogP contribution >= 0.6 is 22.9 Å². The molecule has 5 nitrogen and oxygen atoms in total. The van der Waals surface area contributed by atoms with Crippen molar-refractivity contribution in [3.8, 4) is 11.5 Å². The van der Waals surface area contributed by atoms with Crippen LogP contribution in [-0.4, -0.2) is 32.1 Å². The Bertz CT molecular complexity index is 1060. The van der Waals surface area contributed by atoms with E-state index in [1.807, 2.05) is 54.6 Å². The van der Waals surface area contributed by atoms with Crippen molar-refractivity contribution in [1.29, 1.82) is 0 Å². The quantitative estimate of drug-likeness (QED) is 0.656. The van der Waals surface area contributed by atoms with Crippen LogP contribution in [0.5, 0.6) is 11.5 Å². The highest BCUT2D eigenvalue weighted by molar-refractivity contribution is 7.16. The van der Waals surface area contributed by atoms with Gasteiger partial charge < -0.3 is 15.0 Å². The van der Waals surface area contributed by atoms with Gasteiger partial charge in [-0.1, -0.05) is 29.8 Å². The minimum absolute atomic E-state index is 0.0635. The van der Waals surface area contributed by atoms with Gasteiger partial charge in [-0.25, -0.2) is 0 Å². The van der Waals surface area contributed by atoms with Crippen molar-refractivity contribution in [3.05, 3.63) is 69.4 Å². The molecule has 2 aliphatic heterocycles. The van der Waals surface area contributed by atoms with Crippen LogP contribution in [-0.2, 0) is 6.54 Å². The van der Waals surface area contributed by atoms with E-state index in [2.05, 4.69) is 10.2 Å². The number of hydrogen-bond acceptors (Lipinski definition) is 5. The molecule has 7 heteroatoms. The Kier molecular flexibility index (Phi) is 4.91. The van der Waals surface area contributed by atoms with Crippen LogP contribution in [0.2, 0.25) is 4.34 Å². The van der Waals surface area contributed by atoms with E-state index in [4.69, 9.17) is 16.3 Å². The van der Waals surface area contributed by atoms with E-state index in [1.165, 1.54) is 11.3 Å². The molecule has 0 unspecified atom stereocenters. The number of rotatable bonds is 3. The average Bonchev–Trinajstić information content (AvgIpc) is 3.12. The molecule has 29 heavy (non-hydrogen) atoms. The Morgan fingerprint density at radius 1 is 1.00 bits per heavy atom. The van der Waals surface area contributed by atoms with Crippen LogP contribution < -0.4 is 19.9 Å². The summed E-state index contributed by atoms with van der Waals surface area (Å²) >= 11 is 7.60. The molecule has 5 rings (SSSR count). The van der Waals surface area contributed by atoms with E-state index < -0.39 is 0 Å². The van der Waals surface area contributed by atoms with E-state index >= 15 is 0 Å². The first-order chi connectivity index (χ1) is 14.2. The maximum atomic E-state index is 13.6. The van der Waals surface area contributed by atoms with Crippen LogP contribution in [0.3, 0.4) is 0 Å². The number of halogens is 1. The monoisotopic (exact) mass is 425 g/mol. The summed E-state index contributed by atoms with van der Waals surface area (Å²) < 4.78 is 7.10. The smallest absolute Gasteiger partial charge is 0.262 e. The number of para-hydroxylation sites is 3. The predicted molar refractivity (Wildman–Crippen MR) is 118 cm³/mol.